The van der Waals surface area contributed by atoms with E-state index >= 15 is 0 Å². The minimum Gasteiger partial charge on any atom is -0.319 e. The second-order valence-corrected chi connectivity index (χ2v) is 7.47. The fourth-order valence-electron chi connectivity index (χ4n) is 2.98. The summed E-state index contributed by atoms with van der Waals surface area (Å²) in [6.07, 6.45) is -4.83. The Hall–Kier alpha value is -3.70. The van der Waals surface area contributed by atoms with E-state index in [1.54, 1.807) is 0 Å². The van der Waals surface area contributed by atoms with E-state index in [2.05, 4.69) is 15.4 Å². The predicted molar refractivity (Wildman–Crippen MR) is 114 cm³/mol. The van der Waals surface area contributed by atoms with Gasteiger partial charge in [0.05, 0.1) is 26.3 Å². The van der Waals surface area contributed by atoms with Crippen LogP contribution >= 0.6 is 23.2 Å². The number of carbonyl (C=O) groups excluding carboxylic acids is 1. The van der Waals surface area contributed by atoms with Gasteiger partial charge in [0.25, 0.3) is 11.6 Å². The highest BCUT2D eigenvalue weighted by Crippen LogP contribution is 2.33. The Kier molecular flexibility index (Phi) is 5.68. The fraction of sp³-hybridized carbons (Fsp3) is 0.0500. The molecule has 0 aliphatic rings. The van der Waals surface area contributed by atoms with Crippen LogP contribution in [-0.2, 0) is 6.18 Å². The molecule has 0 bridgehead atoms. The van der Waals surface area contributed by atoms with Crippen LogP contribution in [0.5, 0.6) is 0 Å². The van der Waals surface area contributed by atoms with Crippen LogP contribution in [0.25, 0.3) is 16.9 Å². The van der Waals surface area contributed by atoms with E-state index < -0.39 is 22.7 Å². The zero-order valence-corrected chi connectivity index (χ0v) is 17.6. The number of nitrogens with zero attached hydrogens (tertiary/aromatic N) is 4. The van der Waals surface area contributed by atoms with Gasteiger partial charge < -0.3 is 5.32 Å². The Balaban J connectivity index is 1.78. The van der Waals surface area contributed by atoms with Gasteiger partial charge in [-0.25, -0.2) is 9.50 Å². The summed E-state index contributed by atoms with van der Waals surface area (Å²) < 4.78 is 41.7. The van der Waals surface area contributed by atoms with Gasteiger partial charge in [-0.05, 0) is 30.3 Å². The molecule has 2 heterocycles. The number of alkyl halides is 3. The third-order valence-corrected chi connectivity index (χ3v) is 5.34. The number of halogens is 5. The molecule has 0 aliphatic carbocycles. The van der Waals surface area contributed by atoms with Crippen molar-refractivity contribution in [3.05, 3.63) is 86.1 Å². The fourth-order valence-corrected chi connectivity index (χ4v) is 3.32. The molecule has 0 saturated heterocycles. The second kappa shape index (κ2) is 8.34. The van der Waals surface area contributed by atoms with E-state index in [-0.39, 0.29) is 44.0 Å². The summed E-state index contributed by atoms with van der Waals surface area (Å²) >= 11 is 11.9. The van der Waals surface area contributed by atoms with Crippen molar-refractivity contribution in [2.75, 3.05) is 5.32 Å². The van der Waals surface area contributed by atoms with Crippen molar-refractivity contribution >= 4 is 46.1 Å². The van der Waals surface area contributed by atoms with Crippen molar-refractivity contribution in [3.8, 4) is 11.3 Å². The van der Waals surface area contributed by atoms with Crippen molar-refractivity contribution in [1.82, 2.24) is 14.6 Å². The summed E-state index contributed by atoms with van der Waals surface area (Å²) in [6.45, 7) is 0. The van der Waals surface area contributed by atoms with Crippen LogP contribution in [0.1, 0.15) is 16.2 Å². The highest BCUT2D eigenvalue weighted by atomic mass is 35.5. The number of amides is 1. The summed E-state index contributed by atoms with van der Waals surface area (Å²) in [5, 5.41) is 17.3. The van der Waals surface area contributed by atoms with E-state index in [0.29, 0.717) is 4.52 Å². The first-order chi connectivity index (χ1) is 15.5. The van der Waals surface area contributed by atoms with Crippen molar-refractivity contribution in [2.24, 2.45) is 0 Å². The number of nitrogens with one attached hydrogen (secondary N) is 1. The third kappa shape index (κ3) is 4.45. The molecule has 8 nitrogen and oxygen atoms in total. The van der Waals surface area contributed by atoms with Crippen LogP contribution in [0.4, 0.5) is 24.5 Å². The minimum atomic E-state index is -4.83. The van der Waals surface area contributed by atoms with Gasteiger partial charge in [0.2, 0.25) is 0 Å². The number of carbonyl (C=O) groups is 1. The molecule has 13 heteroatoms. The topological polar surface area (TPSA) is 102 Å². The van der Waals surface area contributed by atoms with Gasteiger partial charge in [-0.2, -0.15) is 18.3 Å². The lowest BCUT2D eigenvalue weighted by Crippen LogP contribution is -2.16. The van der Waals surface area contributed by atoms with Crippen molar-refractivity contribution in [2.45, 2.75) is 6.18 Å². The summed E-state index contributed by atoms with van der Waals surface area (Å²) in [5.41, 5.74) is -1.73. The Morgan fingerprint density at radius 3 is 2.42 bits per heavy atom. The number of non-ortho nitro benzene ring substituents is 1. The van der Waals surface area contributed by atoms with Gasteiger partial charge in [0.15, 0.2) is 17.0 Å². The first-order valence-corrected chi connectivity index (χ1v) is 9.78. The largest absolute Gasteiger partial charge is 0.433 e. The summed E-state index contributed by atoms with van der Waals surface area (Å²) in [5.74, 6) is -0.824. The van der Waals surface area contributed by atoms with Crippen LogP contribution < -0.4 is 5.32 Å². The molecule has 2 aromatic carbocycles. The van der Waals surface area contributed by atoms with Crippen LogP contribution in [0.15, 0.2) is 54.6 Å². The molecule has 4 rings (SSSR count). The molecule has 1 amide bonds. The molecule has 0 spiro atoms. The predicted octanol–water partition coefficient (Wildman–Crippen LogP) is 5.88. The number of nitro groups is 1. The molecule has 0 aliphatic heterocycles. The van der Waals surface area contributed by atoms with Crippen molar-refractivity contribution < 1.29 is 22.9 Å². The van der Waals surface area contributed by atoms with Crippen LogP contribution in [0, 0.1) is 10.1 Å². The second-order valence-electron chi connectivity index (χ2n) is 6.68. The van der Waals surface area contributed by atoms with Gasteiger partial charge in [0, 0.05) is 23.8 Å². The number of nitro benzene ring substituents is 1. The lowest BCUT2D eigenvalue weighted by molar-refractivity contribution is -0.384. The van der Waals surface area contributed by atoms with Crippen LogP contribution in [0.3, 0.4) is 0 Å². The molecule has 33 heavy (non-hydrogen) atoms. The maximum atomic E-state index is 13.7. The Bertz CT molecular complexity index is 1400. The molecule has 0 saturated carbocycles. The first-order valence-electron chi connectivity index (χ1n) is 9.03. The number of hydrogen-bond acceptors (Lipinski definition) is 5. The molecule has 1 N–H and O–H groups in total. The van der Waals surface area contributed by atoms with Gasteiger partial charge in [-0.1, -0.05) is 29.3 Å². The number of fused-ring (bicyclic) bond motifs is 1. The normalized spacial score (nSPS) is 11.5. The summed E-state index contributed by atoms with van der Waals surface area (Å²) in [7, 11) is 0. The maximum absolute atomic E-state index is 13.7. The highest BCUT2D eigenvalue weighted by molar-refractivity contribution is 6.44. The molecule has 0 atom stereocenters. The average Bonchev–Trinajstić information content (AvgIpc) is 3.20. The zero-order chi connectivity index (χ0) is 23.9. The monoisotopic (exact) mass is 495 g/mol. The van der Waals surface area contributed by atoms with E-state index in [1.807, 2.05) is 0 Å². The lowest BCUT2D eigenvalue weighted by atomic mass is 10.1. The standard InChI is InChI=1S/C20H10Cl2F3N5O3/c21-12-2-1-3-13(18(12)22)27-19(31)15-9-17-26-14(8-16(20(23,24)25)29(17)28-15)10-4-6-11(7-5-10)30(32)33/h1-9H,(H,27,31). The lowest BCUT2D eigenvalue weighted by Gasteiger charge is -2.11. The minimum absolute atomic E-state index is 0.0610. The number of aromatic nitrogens is 3. The molecule has 0 fully saturated rings. The zero-order valence-electron chi connectivity index (χ0n) is 16.1. The smallest absolute Gasteiger partial charge is 0.319 e. The average molecular weight is 496 g/mol. The quantitative estimate of drug-likeness (QED) is 0.281. The van der Waals surface area contributed by atoms with Gasteiger partial charge in [-0.3, -0.25) is 14.9 Å². The Morgan fingerprint density at radius 1 is 1.09 bits per heavy atom. The maximum Gasteiger partial charge on any atom is 0.433 e. The molecular formula is C20H10Cl2F3N5O3. The van der Waals surface area contributed by atoms with Crippen LogP contribution in [0.2, 0.25) is 10.0 Å². The SMILES string of the molecule is O=C(Nc1cccc(Cl)c1Cl)c1cc2nc(-c3ccc([N+](=O)[O-])cc3)cc(C(F)(F)F)n2n1. The summed E-state index contributed by atoms with van der Waals surface area (Å²) in [6, 6.07) is 11.2. The molecule has 0 unspecified atom stereocenters. The Morgan fingerprint density at radius 2 is 1.79 bits per heavy atom. The van der Waals surface area contributed by atoms with E-state index in [4.69, 9.17) is 23.2 Å². The van der Waals surface area contributed by atoms with Crippen molar-refractivity contribution in [3.63, 3.8) is 0 Å². The van der Waals surface area contributed by atoms with E-state index in [1.165, 1.54) is 30.3 Å². The molecular weight excluding hydrogens is 486 g/mol. The van der Waals surface area contributed by atoms with E-state index in [9.17, 15) is 28.1 Å². The molecule has 4 aromatic rings. The third-order valence-electron chi connectivity index (χ3n) is 4.52. The first kappa shape index (κ1) is 22.5. The van der Waals surface area contributed by atoms with Gasteiger partial charge >= 0.3 is 6.18 Å². The van der Waals surface area contributed by atoms with Crippen molar-refractivity contribution in [1.29, 1.82) is 0 Å². The molecule has 168 valence electrons. The highest BCUT2D eigenvalue weighted by Gasteiger charge is 2.35. The van der Waals surface area contributed by atoms with Gasteiger partial charge in [-0.15, -0.1) is 0 Å². The number of anilines is 1. The van der Waals surface area contributed by atoms with Gasteiger partial charge in [0.1, 0.15) is 0 Å². The molecule has 2 aromatic heterocycles. The number of rotatable bonds is 4. The van der Waals surface area contributed by atoms with Crippen LogP contribution in [-0.4, -0.2) is 25.4 Å². The number of benzene rings is 2. The Labute approximate surface area is 192 Å². The molecule has 0 radical (unpaired) electrons. The summed E-state index contributed by atoms with van der Waals surface area (Å²) in [4.78, 5) is 26.9. The number of hydrogen-bond donors (Lipinski definition) is 1. The van der Waals surface area contributed by atoms with E-state index in [0.717, 1.165) is 24.3 Å².